The average Bonchev–Trinajstić information content (AvgIpc) is 2.82. The third-order valence-corrected chi connectivity index (χ3v) is 7.47. The first kappa shape index (κ1) is 22.6. The van der Waals surface area contributed by atoms with E-state index in [0.717, 1.165) is 11.1 Å². The predicted octanol–water partition coefficient (Wildman–Crippen LogP) is 4.66. The molecule has 0 radical (unpaired) electrons. The molecular weight excluding hydrogens is 453 g/mol. The van der Waals surface area contributed by atoms with Crippen LogP contribution in [0.2, 0.25) is 0 Å². The molecule has 168 valence electrons. The molecular formula is C24H23Cl2NO5. The van der Waals surface area contributed by atoms with Gasteiger partial charge in [0.15, 0.2) is 10.1 Å². The van der Waals surface area contributed by atoms with Gasteiger partial charge in [-0.3, -0.25) is 9.69 Å². The normalized spacial score (nSPS) is 24.0. The zero-order chi connectivity index (χ0) is 22.8. The van der Waals surface area contributed by atoms with Crippen LogP contribution in [0.3, 0.4) is 0 Å². The molecule has 2 fully saturated rings. The quantitative estimate of drug-likeness (QED) is 0.464. The first-order valence-electron chi connectivity index (χ1n) is 10.4. The van der Waals surface area contributed by atoms with Crippen molar-refractivity contribution in [2.24, 2.45) is 5.41 Å². The number of rotatable bonds is 5. The number of hydrogen-bond acceptors (Lipinski definition) is 5. The van der Waals surface area contributed by atoms with Gasteiger partial charge >= 0.3 is 12.1 Å². The maximum atomic E-state index is 13.0. The van der Waals surface area contributed by atoms with Gasteiger partial charge in [0.2, 0.25) is 0 Å². The van der Waals surface area contributed by atoms with E-state index in [2.05, 4.69) is 0 Å². The molecule has 0 aromatic heterocycles. The zero-order valence-corrected chi connectivity index (χ0v) is 18.8. The van der Waals surface area contributed by atoms with E-state index in [1.54, 1.807) is 0 Å². The summed E-state index contributed by atoms with van der Waals surface area (Å²) in [5, 5.41) is 0. The van der Waals surface area contributed by atoms with E-state index in [0.29, 0.717) is 6.42 Å². The van der Waals surface area contributed by atoms with Gasteiger partial charge in [0.1, 0.15) is 19.3 Å². The van der Waals surface area contributed by atoms with Crippen molar-refractivity contribution in [3.63, 3.8) is 0 Å². The Morgan fingerprint density at radius 3 is 2.03 bits per heavy atom. The molecule has 1 heterocycles. The summed E-state index contributed by atoms with van der Waals surface area (Å²) < 4.78 is 9.39. The molecule has 1 aliphatic heterocycles. The highest BCUT2D eigenvalue weighted by Gasteiger charge is 2.67. The number of ether oxygens (including phenoxy) is 2. The number of nitrogens with zero attached hydrogens (tertiary/aromatic N) is 1. The molecule has 1 unspecified atom stereocenters. The lowest BCUT2D eigenvalue weighted by Gasteiger charge is -2.55. The van der Waals surface area contributed by atoms with Gasteiger partial charge in [-0.1, -0.05) is 83.9 Å². The second-order valence-electron chi connectivity index (χ2n) is 8.25. The minimum atomic E-state index is -1.56. The second-order valence-corrected chi connectivity index (χ2v) is 9.58. The third-order valence-electron chi connectivity index (χ3n) is 6.24. The van der Waals surface area contributed by atoms with Gasteiger partial charge in [-0.25, -0.2) is 9.59 Å². The summed E-state index contributed by atoms with van der Waals surface area (Å²) in [6, 6.07) is 17.6. The van der Waals surface area contributed by atoms with Crippen LogP contribution in [0.4, 0.5) is 4.79 Å². The summed E-state index contributed by atoms with van der Waals surface area (Å²) in [4.78, 5) is 39.3. The molecule has 0 N–H and O–H groups in total. The van der Waals surface area contributed by atoms with Crippen molar-refractivity contribution < 1.29 is 23.9 Å². The monoisotopic (exact) mass is 475 g/mol. The van der Waals surface area contributed by atoms with Crippen LogP contribution in [0.25, 0.3) is 0 Å². The van der Waals surface area contributed by atoms with E-state index < -0.39 is 27.9 Å². The lowest BCUT2D eigenvalue weighted by atomic mass is 9.60. The second kappa shape index (κ2) is 9.12. The molecule has 6 nitrogen and oxygen atoms in total. The number of Topliss-reactive ketones (excluding diaryl/α,β-unsaturated/α-hetero) is 1. The van der Waals surface area contributed by atoms with E-state index >= 15 is 0 Å². The fourth-order valence-corrected chi connectivity index (χ4v) is 4.90. The Labute approximate surface area is 196 Å². The van der Waals surface area contributed by atoms with E-state index in [4.69, 9.17) is 32.7 Å². The van der Waals surface area contributed by atoms with Gasteiger partial charge in [-0.2, -0.15) is 0 Å². The van der Waals surface area contributed by atoms with Crippen LogP contribution in [0.5, 0.6) is 0 Å². The summed E-state index contributed by atoms with van der Waals surface area (Å²) in [6.45, 7) is 0.343. The summed E-state index contributed by atoms with van der Waals surface area (Å²) in [6.07, 6.45) is 0.0924. The van der Waals surface area contributed by atoms with Crippen molar-refractivity contribution in [1.29, 1.82) is 0 Å². The predicted molar refractivity (Wildman–Crippen MR) is 119 cm³/mol. The van der Waals surface area contributed by atoms with Crippen LogP contribution in [0.1, 0.15) is 30.4 Å². The lowest BCUT2D eigenvalue weighted by molar-refractivity contribution is -0.159. The van der Waals surface area contributed by atoms with E-state index in [1.165, 1.54) is 4.90 Å². The molecule has 1 spiro atoms. The summed E-state index contributed by atoms with van der Waals surface area (Å²) in [5.41, 5.74) is 0.898. The highest BCUT2D eigenvalue weighted by atomic mass is 35.5. The number of alkyl halides is 2. The first-order chi connectivity index (χ1) is 15.3. The molecule has 1 aliphatic carbocycles. The minimum Gasteiger partial charge on any atom is -0.459 e. The van der Waals surface area contributed by atoms with Crippen molar-refractivity contribution in [2.75, 3.05) is 6.54 Å². The van der Waals surface area contributed by atoms with Crippen molar-refractivity contribution >= 4 is 41.0 Å². The van der Waals surface area contributed by atoms with Crippen molar-refractivity contribution in [3.8, 4) is 0 Å². The maximum Gasteiger partial charge on any atom is 0.410 e. The van der Waals surface area contributed by atoms with E-state index in [9.17, 15) is 14.4 Å². The van der Waals surface area contributed by atoms with E-state index in [-0.39, 0.29) is 38.4 Å². The van der Waals surface area contributed by atoms with Crippen molar-refractivity contribution in [2.45, 2.75) is 42.9 Å². The van der Waals surface area contributed by atoms with Gasteiger partial charge in [0.25, 0.3) is 0 Å². The highest BCUT2D eigenvalue weighted by molar-refractivity contribution is 6.61. The number of halogens is 2. The molecule has 4 rings (SSSR count). The number of carbonyl (C=O) groups is 3. The van der Waals surface area contributed by atoms with Gasteiger partial charge in [-0.05, 0) is 24.0 Å². The number of benzene rings is 2. The molecule has 32 heavy (non-hydrogen) atoms. The SMILES string of the molecule is O=C(OCc1ccccc1)[C@@H]1CC2(CCN1C(=O)OCc1ccccc1)CC(=O)C2(Cl)Cl. The highest BCUT2D eigenvalue weighted by Crippen LogP contribution is 2.61. The number of carbonyl (C=O) groups excluding carboxylic acids is 3. The van der Waals surface area contributed by atoms with Crippen LogP contribution in [-0.4, -0.2) is 39.7 Å². The number of amides is 1. The molecule has 1 saturated carbocycles. The molecule has 0 bridgehead atoms. The van der Waals surface area contributed by atoms with Crippen LogP contribution in [0, 0.1) is 5.41 Å². The molecule has 2 aromatic carbocycles. The van der Waals surface area contributed by atoms with Crippen molar-refractivity contribution in [1.82, 2.24) is 4.90 Å². The fourth-order valence-electron chi connectivity index (χ4n) is 4.29. The Balaban J connectivity index is 1.48. The summed E-state index contributed by atoms with van der Waals surface area (Å²) >= 11 is 12.7. The molecule has 1 saturated heterocycles. The van der Waals surface area contributed by atoms with Crippen LogP contribution in [-0.2, 0) is 32.3 Å². The number of ketones is 1. The Bertz CT molecular complexity index is 998. The molecule has 1 amide bonds. The lowest BCUT2D eigenvalue weighted by Crippen LogP contribution is -2.65. The summed E-state index contributed by atoms with van der Waals surface area (Å²) in [7, 11) is 0. The third kappa shape index (κ3) is 4.34. The van der Waals surface area contributed by atoms with Crippen LogP contribution >= 0.6 is 23.2 Å². The first-order valence-corrected chi connectivity index (χ1v) is 11.2. The van der Waals surface area contributed by atoms with Crippen molar-refractivity contribution in [3.05, 3.63) is 71.8 Å². The standard InChI is InChI=1S/C24H23Cl2NO5/c25-24(26)20(28)14-23(24)11-12-27(22(30)32-16-18-9-5-2-6-10-18)19(13-23)21(29)31-15-17-7-3-1-4-8-17/h1-10,19H,11-16H2/t19-,23?/m0/s1. The zero-order valence-electron chi connectivity index (χ0n) is 17.3. The van der Waals surface area contributed by atoms with Gasteiger partial charge < -0.3 is 9.47 Å². The summed E-state index contributed by atoms with van der Waals surface area (Å²) in [5.74, 6) is -0.842. The van der Waals surface area contributed by atoms with Gasteiger partial charge in [0.05, 0.1) is 0 Å². The Hall–Kier alpha value is -2.57. The van der Waals surface area contributed by atoms with Crippen LogP contribution in [0.15, 0.2) is 60.7 Å². The Morgan fingerprint density at radius 2 is 1.50 bits per heavy atom. The van der Waals surface area contributed by atoms with Crippen LogP contribution < -0.4 is 0 Å². The average molecular weight is 476 g/mol. The molecule has 2 atom stereocenters. The minimum absolute atomic E-state index is 0.0713. The Morgan fingerprint density at radius 1 is 0.938 bits per heavy atom. The van der Waals surface area contributed by atoms with Gasteiger partial charge in [-0.15, -0.1) is 0 Å². The number of esters is 1. The molecule has 2 aliphatic rings. The molecule has 2 aromatic rings. The van der Waals surface area contributed by atoms with Gasteiger partial charge in [0, 0.05) is 18.4 Å². The fraction of sp³-hybridized carbons (Fsp3) is 0.375. The Kier molecular flexibility index (Phi) is 6.45. The smallest absolute Gasteiger partial charge is 0.410 e. The molecule has 8 heteroatoms. The number of piperidine rings is 1. The number of likely N-dealkylation sites (tertiary alicyclic amines) is 1. The maximum absolute atomic E-state index is 13.0. The number of hydrogen-bond donors (Lipinski definition) is 0. The van der Waals surface area contributed by atoms with E-state index in [1.807, 2.05) is 60.7 Å². The topological polar surface area (TPSA) is 72.9 Å². The largest absolute Gasteiger partial charge is 0.459 e.